The van der Waals surface area contributed by atoms with E-state index in [0.29, 0.717) is 27.9 Å². The van der Waals surface area contributed by atoms with Gasteiger partial charge in [0, 0.05) is 11.2 Å². The molecular weight excluding hydrogens is 330 g/mol. The van der Waals surface area contributed by atoms with Crippen LogP contribution in [0.5, 0.6) is 5.75 Å². The van der Waals surface area contributed by atoms with Crippen LogP contribution in [0.4, 0.5) is 5.82 Å². The Morgan fingerprint density at radius 3 is 2.92 bits per heavy atom. The Hall–Kier alpha value is -2.86. The Kier molecular flexibility index (Phi) is 4.77. The Bertz CT molecular complexity index is 849. The van der Waals surface area contributed by atoms with Crippen molar-refractivity contribution in [3.8, 4) is 5.75 Å². The zero-order chi connectivity index (χ0) is 16.9. The predicted molar refractivity (Wildman–Crippen MR) is 89.2 cm³/mol. The number of amides is 1. The van der Waals surface area contributed by atoms with Gasteiger partial charge in [0.1, 0.15) is 23.9 Å². The number of pyridine rings is 1. The van der Waals surface area contributed by atoms with Gasteiger partial charge >= 0.3 is 0 Å². The van der Waals surface area contributed by atoms with E-state index in [2.05, 4.69) is 15.5 Å². The summed E-state index contributed by atoms with van der Waals surface area (Å²) in [6.07, 6.45) is 1.59. The van der Waals surface area contributed by atoms with Crippen molar-refractivity contribution in [2.24, 2.45) is 0 Å². The number of hydrogen-bond acceptors (Lipinski definition) is 5. The molecule has 0 radical (unpaired) electrons. The molecule has 7 heteroatoms. The zero-order valence-electron chi connectivity index (χ0n) is 12.8. The molecule has 0 aliphatic carbocycles. The number of nitrogens with zero attached hydrogens (tertiary/aromatic N) is 2. The molecule has 0 saturated carbocycles. The number of hydrogen-bond donors (Lipinski definition) is 1. The number of nitrogens with one attached hydrogen (secondary N) is 1. The van der Waals surface area contributed by atoms with Crippen molar-refractivity contribution in [3.05, 3.63) is 70.7 Å². The summed E-state index contributed by atoms with van der Waals surface area (Å²) in [6, 6.07) is 12.2. The van der Waals surface area contributed by atoms with Gasteiger partial charge in [-0.15, -0.1) is 0 Å². The van der Waals surface area contributed by atoms with Gasteiger partial charge in [0.2, 0.25) is 0 Å². The largest absolute Gasteiger partial charge is 0.489 e. The number of aromatic nitrogens is 2. The van der Waals surface area contributed by atoms with Crippen LogP contribution in [0, 0.1) is 6.92 Å². The zero-order valence-corrected chi connectivity index (χ0v) is 13.6. The first-order valence-electron chi connectivity index (χ1n) is 7.19. The van der Waals surface area contributed by atoms with Crippen LogP contribution in [0.15, 0.2) is 53.2 Å². The molecule has 0 atom stereocenters. The van der Waals surface area contributed by atoms with Gasteiger partial charge in [0.05, 0.1) is 5.56 Å². The SMILES string of the molecule is Cc1onc(C(=O)Nc2ccccn2)c1COc1cccc(Cl)c1. The highest BCUT2D eigenvalue weighted by Crippen LogP contribution is 2.21. The second kappa shape index (κ2) is 7.14. The maximum atomic E-state index is 12.4. The van der Waals surface area contributed by atoms with Crippen molar-refractivity contribution in [1.29, 1.82) is 0 Å². The number of halogens is 1. The topological polar surface area (TPSA) is 77.3 Å². The van der Waals surface area contributed by atoms with Crippen molar-refractivity contribution in [3.63, 3.8) is 0 Å². The third-order valence-corrected chi connectivity index (χ3v) is 3.52. The lowest BCUT2D eigenvalue weighted by Crippen LogP contribution is -2.16. The highest BCUT2D eigenvalue weighted by molar-refractivity contribution is 6.30. The standard InChI is InChI=1S/C17H14ClN3O3/c1-11-14(10-23-13-6-4-5-12(18)9-13)16(21-24-11)17(22)20-15-7-2-3-8-19-15/h2-9H,10H2,1H3,(H,19,20,22). The quantitative estimate of drug-likeness (QED) is 0.761. The van der Waals surface area contributed by atoms with Crippen LogP contribution in [-0.2, 0) is 6.61 Å². The number of anilines is 1. The van der Waals surface area contributed by atoms with E-state index in [-0.39, 0.29) is 12.3 Å². The van der Waals surface area contributed by atoms with Crippen LogP contribution < -0.4 is 10.1 Å². The average molecular weight is 344 g/mol. The summed E-state index contributed by atoms with van der Waals surface area (Å²) in [5, 5.41) is 7.06. The van der Waals surface area contributed by atoms with Crippen molar-refractivity contribution in [1.82, 2.24) is 10.1 Å². The van der Waals surface area contributed by atoms with Gasteiger partial charge in [0.15, 0.2) is 5.69 Å². The van der Waals surface area contributed by atoms with Gasteiger partial charge in [-0.05, 0) is 37.3 Å². The summed E-state index contributed by atoms with van der Waals surface area (Å²) in [5.41, 5.74) is 0.739. The molecule has 0 fully saturated rings. The van der Waals surface area contributed by atoms with E-state index in [1.54, 1.807) is 55.6 Å². The van der Waals surface area contributed by atoms with Gasteiger partial charge in [-0.25, -0.2) is 4.98 Å². The first kappa shape index (κ1) is 16.0. The van der Waals surface area contributed by atoms with E-state index in [0.717, 1.165) is 0 Å². The van der Waals surface area contributed by atoms with Gasteiger partial charge < -0.3 is 14.6 Å². The molecule has 122 valence electrons. The van der Waals surface area contributed by atoms with E-state index in [1.165, 1.54) is 0 Å². The molecule has 0 saturated heterocycles. The Morgan fingerprint density at radius 2 is 2.17 bits per heavy atom. The molecule has 0 aliphatic rings. The molecule has 0 unspecified atom stereocenters. The van der Waals surface area contributed by atoms with Gasteiger partial charge in [-0.1, -0.05) is 28.9 Å². The monoisotopic (exact) mass is 343 g/mol. The van der Waals surface area contributed by atoms with Crippen LogP contribution >= 0.6 is 11.6 Å². The lowest BCUT2D eigenvalue weighted by atomic mass is 10.2. The maximum absolute atomic E-state index is 12.4. The molecule has 24 heavy (non-hydrogen) atoms. The number of carbonyl (C=O) groups is 1. The van der Waals surface area contributed by atoms with E-state index in [1.807, 2.05) is 0 Å². The fourth-order valence-electron chi connectivity index (χ4n) is 2.06. The molecule has 1 aromatic carbocycles. The summed E-state index contributed by atoms with van der Waals surface area (Å²) in [4.78, 5) is 16.4. The molecule has 3 rings (SSSR count). The Balaban J connectivity index is 1.74. The second-order valence-corrected chi connectivity index (χ2v) is 5.42. The van der Waals surface area contributed by atoms with Crippen LogP contribution in [-0.4, -0.2) is 16.0 Å². The minimum atomic E-state index is -0.407. The highest BCUT2D eigenvalue weighted by Gasteiger charge is 2.20. The molecule has 1 N–H and O–H groups in total. The average Bonchev–Trinajstić information content (AvgIpc) is 2.95. The van der Waals surface area contributed by atoms with Crippen molar-refractivity contribution in [2.45, 2.75) is 13.5 Å². The normalized spacial score (nSPS) is 10.4. The van der Waals surface area contributed by atoms with Crippen LogP contribution in [0.2, 0.25) is 5.02 Å². The summed E-state index contributed by atoms with van der Waals surface area (Å²) in [6.45, 7) is 1.86. The number of benzene rings is 1. The van der Waals surface area contributed by atoms with Crippen LogP contribution in [0.3, 0.4) is 0 Å². The summed E-state index contributed by atoms with van der Waals surface area (Å²) < 4.78 is 10.8. The van der Waals surface area contributed by atoms with E-state index >= 15 is 0 Å². The first-order valence-corrected chi connectivity index (χ1v) is 7.57. The maximum Gasteiger partial charge on any atom is 0.279 e. The molecular formula is C17H14ClN3O3. The van der Waals surface area contributed by atoms with Crippen molar-refractivity contribution in [2.75, 3.05) is 5.32 Å². The molecule has 2 aromatic heterocycles. The van der Waals surface area contributed by atoms with E-state index in [4.69, 9.17) is 20.9 Å². The van der Waals surface area contributed by atoms with Crippen LogP contribution in [0.25, 0.3) is 0 Å². The molecule has 0 bridgehead atoms. The molecule has 2 heterocycles. The third-order valence-electron chi connectivity index (χ3n) is 3.29. The van der Waals surface area contributed by atoms with Gasteiger partial charge in [-0.2, -0.15) is 0 Å². The first-order chi connectivity index (χ1) is 11.6. The van der Waals surface area contributed by atoms with Gasteiger partial charge in [0.25, 0.3) is 5.91 Å². The van der Waals surface area contributed by atoms with Gasteiger partial charge in [-0.3, -0.25) is 4.79 Å². The van der Waals surface area contributed by atoms with Crippen molar-refractivity contribution >= 4 is 23.3 Å². The number of rotatable bonds is 5. The number of ether oxygens (including phenoxy) is 1. The van der Waals surface area contributed by atoms with E-state index < -0.39 is 5.91 Å². The predicted octanol–water partition coefficient (Wildman–Crippen LogP) is 3.86. The van der Waals surface area contributed by atoms with Crippen LogP contribution in [0.1, 0.15) is 21.8 Å². The van der Waals surface area contributed by atoms with E-state index in [9.17, 15) is 4.79 Å². The minimum Gasteiger partial charge on any atom is -0.489 e. The lowest BCUT2D eigenvalue weighted by Gasteiger charge is -2.07. The summed E-state index contributed by atoms with van der Waals surface area (Å²) >= 11 is 5.93. The number of aryl methyl sites for hydroxylation is 1. The fourth-order valence-corrected chi connectivity index (χ4v) is 2.24. The molecule has 0 spiro atoms. The number of carbonyl (C=O) groups excluding carboxylic acids is 1. The molecule has 6 nitrogen and oxygen atoms in total. The summed E-state index contributed by atoms with van der Waals surface area (Å²) in [7, 11) is 0. The fraction of sp³-hybridized carbons (Fsp3) is 0.118. The smallest absolute Gasteiger partial charge is 0.279 e. The molecule has 3 aromatic rings. The van der Waals surface area contributed by atoms with Crippen molar-refractivity contribution < 1.29 is 14.1 Å². The Labute approximate surface area is 143 Å². The lowest BCUT2D eigenvalue weighted by molar-refractivity contribution is 0.101. The highest BCUT2D eigenvalue weighted by atomic mass is 35.5. The molecule has 0 aliphatic heterocycles. The second-order valence-electron chi connectivity index (χ2n) is 4.98. The molecule has 1 amide bonds. The third kappa shape index (κ3) is 3.72. The minimum absolute atomic E-state index is 0.140. The Morgan fingerprint density at radius 1 is 1.29 bits per heavy atom. The summed E-state index contributed by atoms with van der Waals surface area (Å²) in [5.74, 6) is 1.14.